The van der Waals surface area contributed by atoms with Crippen molar-refractivity contribution < 1.29 is 43.2 Å². The van der Waals surface area contributed by atoms with Gasteiger partial charge in [-0.1, -0.05) is 30.3 Å². The fourth-order valence-corrected chi connectivity index (χ4v) is 4.07. The number of benzene rings is 3. The van der Waals surface area contributed by atoms with Crippen molar-refractivity contribution >= 4 is 23.7 Å². The van der Waals surface area contributed by atoms with Crippen molar-refractivity contribution in [1.29, 1.82) is 0 Å². The summed E-state index contributed by atoms with van der Waals surface area (Å²) >= 11 is 0. The van der Waals surface area contributed by atoms with Crippen LogP contribution < -0.4 is 29.0 Å². The van der Waals surface area contributed by atoms with Gasteiger partial charge in [0.1, 0.15) is 17.5 Å². The second-order valence-electron chi connectivity index (χ2n) is 8.46. The number of methoxy groups -OCH3 is 3. The first-order chi connectivity index (χ1) is 18.8. The molecule has 3 aromatic rings. The lowest BCUT2D eigenvalue weighted by atomic mass is 10.1. The van der Waals surface area contributed by atoms with Crippen molar-refractivity contribution in [2.45, 2.75) is 12.5 Å². The van der Waals surface area contributed by atoms with Crippen molar-refractivity contribution in [1.82, 2.24) is 5.32 Å². The SMILES string of the molecule is COc1ccc(/C=C2\Oc3cc(OCC(=O)N[C@H](Cc4ccccc4)C(=O)O)ccc3C2=O)c(OC)c1OC. The van der Waals surface area contributed by atoms with Crippen LogP contribution in [-0.4, -0.2) is 56.7 Å². The van der Waals surface area contributed by atoms with Crippen LogP contribution in [0.2, 0.25) is 0 Å². The number of rotatable bonds is 11. The highest BCUT2D eigenvalue weighted by Crippen LogP contribution is 2.42. The van der Waals surface area contributed by atoms with Crippen LogP contribution in [0.3, 0.4) is 0 Å². The van der Waals surface area contributed by atoms with Crippen LogP contribution in [0.15, 0.2) is 66.4 Å². The maximum Gasteiger partial charge on any atom is 0.326 e. The third-order valence-electron chi connectivity index (χ3n) is 5.95. The van der Waals surface area contributed by atoms with E-state index in [-0.39, 0.29) is 29.5 Å². The highest BCUT2D eigenvalue weighted by Gasteiger charge is 2.29. The molecule has 1 aliphatic heterocycles. The predicted octanol–water partition coefficient (Wildman–Crippen LogP) is 3.52. The lowest BCUT2D eigenvalue weighted by molar-refractivity contribution is -0.142. The molecule has 0 fully saturated rings. The van der Waals surface area contributed by atoms with E-state index in [0.717, 1.165) is 5.56 Å². The number of aliphatic carboxylic acids is 1. The van der Waals surface area contributed by atoms with Crippen molar-refractivity contribution in [3.63, 3.8) is 0 Å². The van der Waals surface area contributed by atoms with Crippen LogP contribution >= 0.6 is 0 Å². The Morgan fingerprint density at radius 3 is 2.38 bits per heavy atom. The van der Waals surface area contributed by atoms with Gasteiger partial charge in [0.2, 0.25) is 11.5 Å². The zero-order valence-electron chi connectivity index (χ0n) is 21.6. The summed E-state index contributed by atoms with van der Waals surface area (Å²) in [6.45, 7) is -0.420. The molecule has 1 aliphatic rings. The molecule has 4 rings (SSSR count). The number of carbonyl (C=O) groups excluding carboxylic acids is 2. The molecule has 10 nitrogen and oxygen atoms in total. The molecule has 0 spiro atoms. The van der Waals surface area contributed by atoms with Crippen molar-refractivity contribution in [2.24, 2.45) is 0 Å². The Labute approximate surface area is 224 Å². The second-order valence-corrected chi connectivity index (χ2v) is 8.46. The molecule has 39 heavy (non-hydrogen) atoms. The summed E-state index contributed by atoms with van der Waals surface area (Å²) < 4.78 is 27.5. The van der Waals surface area contributed by atoms with Crippen LogP contribution in [0.1, 0.15) is 21.5 Å². The smallest absolute Gasteiger partial charge is 0.326 e. The standard InChI is InChI=1S/C29H27NO9/c1-35-22-12-9-18(27(36-2)28(22)37-3)14-24-26(32)20-11-10-19(15-23(20)39-24)38-16-25(31)30-21(29(33)34)13-17-7-5-4-6-8-17/h4-12,14-15,21H,13,16H2,1-3H3,(H,30,31)(H,33,34)/b24-14-/t21-/m1/s1. The monoisotopic (exact) mass is 533 g/mol. The molecule has 0 bridgehead atoms. The molecule has 3 aromatic carbocycles. The lowest BCUT2D eigenvalue weighted by Crippen LogP contribution is -2.44. The molecular formula is C29H27NO9. The van der Waals surface area contributed by atoms with E-state index in [0.29, 0.717) is 28.4 Å². The molecule has 2 N–H and O–H groups in total. The number of amides is 1. The summed E-state index contributed by atoms with van der Waals surface area (Å²) in [5, 5.41) is 12.0. The van der Waals surface area contributed by atoms with Gasteiger partial charge in [-0.05, 0) is 35.9 Å². The molecule has 10 heteroatoms. The number of carboxylic acid groups (broad SMARTS) is 1. The minimum Gasteiger partial charge on any atom is -0.493 e. The van der Waals surface area contributed by atoms with E-state index in [4.69, 9.17) is 23.7 Å². The Bertz CT molecular complexity index is 1420. The van der Waals surface area contributed by atoms with E-state index in [9.17, 15) is 19.5 Å². The van der Waals surface area contributed by atoms with Gasteiger partial charge in [-0.25, -0.2) is 4.79 Å². The average molecular weight is 534 g/mol. The van der Waals surface area contributed by atoms with Crippen molar-refractivity contribution in [2.75, 3.05) is 27.9 Å². The maximum atomic E-state index is 12.9. The minimum atomic E-state index is -1.15. The number of fused-ring (bicyclic) bond motifs is 1. The number of Topliss-reactive ketones (excluding diaryl/α,β-unsaturated/α-hetero) is 1. The molecule has 0 aliphatic carbocycles. The number of ketones is 1. The van der Waals surface area contributed by atoms with Gasteiger partial charge in [0, 0.05) is 18.1 Å². The Hall–Kier alpha value is -4.99. The second kappa shape index (κ2) is 12.0. The van der Waals surface area contributed by atoms with Gasteiger partial charge in [0.15, 0.2) is 23.9 Å². The predicted molar refractivity (Wildman–Crippen MR) is 141 cm³/mol. The van der Waals surface area contributed by atoms with Gasteiger partial charge in [0.25, 0.3) is 5.91 Å². The van der Waals surface area contributed by atoms with E-state index in [1.807, 2.05) is 6.07 Å². The zero-order valence-corrected chi connectivity index (χ0v) is 21.6. The van der Waals surface area contributed by atoms with Crippen molar-refractivity contribution in [3.05, 3.63) is 83.1 Å². The molecule has 1 amide bonds. The number of hydrogen-bond donors (Lipinski definition) is 2. The Morgan fingerprint density at radius 2 is 1.72 bits per heavy atom. The lowest BCUT2D eigenvalue weighted by Gasteiger charge is -2.15. The van der Waals surface area contributed by atoms with Gasteiger partial charge >= 0.3 is 5.97 Å². The third kappa shape index (κ3) is 6.12. The molecular weight excluding hydrogens is 506 g/mol. The zero-order chi connectivity index (χ0) is 27.9. The summed E-state index contributed by atoms with van der Waals surface area (Å²) in [5.41, 5.74) is 1.65. The van der Waals surface area contributed by atoms with E-state index in [1.54, 1.807) is 36.4 Å². The number of hydrogen-bond acceptors (Lipinski definition) is 8. The molecule has 0 saturated carbocycles. The average Bonchev–Trinajstić information content (AvgIpc) is 3.25. The van der Waals surface area contributed by atoms with Crippen LogP contribution in [0.5, 0.6) is 28.7 Å². The number of nitrogens with one attached hydrogen (secondary N) is 1. The van der Waals surface area contributed by atoms with Gasteiger partial charge in [-0.3, -0.25) is 9.59 Å². The molecule has 0 unspecified atom stereocenters. The third-order valence-corrected chi connectivity index (χ3v) is 5.95. The maximum absolute atomic E-state index is 12.9. The first kappa shape index (κ1) is 27.1. The molecule has 0 aromatic heterocycles. The first-order valence-electron chi connectivity index (χ1n) is 11.9. The van der Waals surface area contributed by atoms with E-state index in [2.05, 4.69) is 5.32 Å². The fraction of sp³-hybridized carbons (Fsp3) is 0.207. The van der Waals surface area contributed by atoms with E-state index < -0.39 is 24.5 Å². The van der Waals surface area contributed by atoms with Gasteiger partial charge in [-0.15, -0.1) is 0 Å². The molecule has 0 saturated heterocycles. The molecule has 1 heterocycles. The summed E-state index contributed by atoms with van der Waals surface area (Å²) in [4.78, 5) is 36.9. The highest BCUT2D eigenvalue weighted by molar-refractivity contribution is 6.14. The number of ether oxygens (including phenoxy) is 5. The summed E-state index contributed by atoms with van der Waals surface area (Å²) in [7, 11) is 4.47. The first-order valence-corrected chi connectivity index (χ1v) is 11.9. The topological polar surface area (TPSA) is 130 Å². The summed E-state index contributed by atoms with van der Waals surface area (Å²) in [5.74, 6) is -0.267. The summed E-state index contributed by atoms with van der Waals surface area (Å²) in [6, 6.07) is 15.8. The quantitative estimate of drug-likeness (QED) is 0.356. The normalized spacial score (nSPS) is 13.7. The number of allylic oxidation sites excluding steroid dienone is 1. The number of carbonyl (C=O) groups is 3. The van der Waals surface area contributed by atoms with Gasteiger partial charge in [-0.2, -0.15) is 0 Å². The number of carboxylic acids is 1. The minimum absolute atomic E-state index is 0.0654. The molecule has 1 atom stereocenters. The molecule has 0 radical (unpaired) electrons. The van der Waals surface area contributed by atoms with E-state index in [1.165, 1.54) is 45.6 Å². The Balaban J connectivity index is 1.43. The van der Waals surface area contributed by atoms with Gasteiger partial charge in [0.05, 0.1) is 26.9 Å². The van der Waals surface area contributed by atoms with Crippen LogP contribution in [0, 0.1) is 0 Å². The van der Waals surface area contributed by atoms with Crippen LogP contribution in [-0.2, 0) is 16.0 Å². The van der Waals surface area contributed by atoms with E-state index >= 15 is 0 Å². The fourth-order valence-electron chi connectivity index (χ4n) is 4.07. The van der Waals surface area contributed by atoms with Gasteiger partial charge < -0.3 is 34.1 Å². The highest BCUT2D eigenvalue weighted by atomic mass is 16.5. The van der Waals surface area contributed by atoms with Crippen molar-refractivity contribution in [3.8, 4) is 28.7 Å². The molecule has 202 valence electrons. The summed E-state index contributed by atoms with van der Waals surface area (Å²) in [6.07, 6.45) is 1.67. The van der Waals surface area contributed by atoms with Crippen LogP contribution in [0.4, 0.5) is 0 Å². The largest absolute Gasteiger partial charge is 0.493 e. The van der Waals surface area contributed by atoms with Crippen LogP contribution in [0.25, 0.3) is 6.08 Å². The Morgan fingerprint density at radius 1 is 0.974 bits per heavy atom. The Kier molecular flexibility index (Phi) is 8.35.